The molecule has 0 radical (unpaired) electrons. The second-order valence-corrected chi connectivity index (χ2v) is 5.38. The Kier molecular flexibility index (Phi) is 5.68. The van der Waals surface area contributed by atoms with E-state index in [2.05, 4.69) is 29.8 Å². The molecule has 0 saturated carbocycles. The van der Waals surface area contributed by atoms with E-state index in [1.165, 1.54) is 0 Å². The minimum atomic E-state index is 0.242. The van der Waals surface area contributed by atoms with Gasteiger partial charge in [0, 0.05) is 25.2 Å². The number of nitrogen functional groups attached to an aromatic ring is 1. The van der Waals surface area contributed by atoms with Gasteiger partial charge in [0.1, 0.15) is 11.9 Å². The molecule has 2 aromatic heterocycles. The number of nitrogens with zero attached hydrogens (tertiary/aromatic N) is 4. The van der Waals surface area contributed by atoms with Crippen LogP contribution in [-0.4, -0.2) is 19.9 Å². The predicted octanol–water partition coefficient (Wildman–Crippen LogP) is 2.57. The van der Waals surface area contributed by atoms with Crippen molar-refractivity contribution in [2.45, 2.75) is 6.42 Å². The molecule has 6 heteroatoms. The van der Waals surface area contributed by atoms with Gasteiger partial charge in [-0.2, -0.15) is 5.10 Å². The Labute approximate surface area is 147 Å². The highest BCUT2D eigenvalue weighted by molar-refractivity contribution is 5.59. The summed E-state index contributed by atoms with van der Waals surface area (Å²) in [5.74, 6) is 0.619. The summed E-state index contributed by atoms with van der Waals surface area (Å²) in [6.45, 7) is 10.1. The zero-order chi connectivity index (χ0) is 18.4. The lowest BCUT2D eigenvalue weighted by Gasteiger charge is -2.08. The molecule has 0 amide bonds. The molecule has 0 aliphatic carbocycles. The lowest BCUT2D eigenvalue weighted by atomic mass is 10.1. The van der Waals surface area contributed by atoms with Crippen LogP contribution < -0.4 is 10.3 Å². The lowest BCUT2D eigenvalue weighted by molar-refractivity contribution is -0.569. The fourth-order valence-corrected chi connectivity index (χ4v) is 2.34. The minimum absolute atomic E-state index is 0.242. The number of aromatic nitrogens is 4. The number of phenols is 1. The second-order valence-electron chi connectivity index (χ2n) is 5.38. The Hall–Kier alpha value is -3.41. The third kappa shape index (κ3) is 4.32. The molecule has 0 unspecified atom stereocenters. The van der Waals surface area contributed by atoms with Crippen LogP contribution in [0.3, 0.4) is 0 Å². The average Bonchev–Trinajstić information content (AvgIpc) is 3.05. The van der Waals surface area contributed by atoms with E-state index in [4.69, 9.17) is 5.73 Å². The van der Waals surface area contributed by atoms with Gasteiger partial charge in [0.05, 0.1) is 23.7 Å². The molecule has 3 rings (SSSR count). The van der Waals surface area contributed by atoms with Gasteiger partial charge in [-0.1, -0.05) is 23.7 Å². The van der Waals surface area contributed by atoms with Crippen molar-refractivity contribution in [2.75, 3.05) is 5.73 Å². The topological polar surface area (TPSA) is 80.8 Å². The first kappa shape index (κ1) is 17.9. The van der Waals surface area contributed by atoms with Crippen molar-refractivity contribution in [1.29, 1.82) is 0 Å². The van der Waals surface area contributed by atoms with Crippen LogP contribution in [0.1, 0.15) is 5.56 Å². The number of rotatable bonds is 4. The maximum absolute atomic E-state index is 9.35. The van der Waals surface area contributed by atoms with E-state index in [9.17, 15) is 5.11 Å². The van der Waals surface area contributed by atoms with Gasteiger partial charge in [-0.3, -0.25) is 10.4 Å². The van der Waals surface area contributed by atoms with Crippen LogP contribution in [0, 0.1) is 0 Å². The molecular formula is C19H22N5O+. The molecule has 0 atom stereocenters. The summed E-state index contributed by atoms with van der Waals surface area (Å²) in [6, 6.07) is 7.02. The number of aryl methyl sites for hydroxylation is 1. The Morgan fingerprint density at radius 3 is 2.48 bits per heavy atom. The van der Waals surface area contributed by atoms with E-state index >= 15 is 0 Å². The Morgan fingerprint density at radius 2 is 1.88 bits per heavy atom. The molecule has 2 heterocycles. The van der Waals surface area contributed by atoms with Gasteiger partial charge in [0.15, 0.2) is 0 Å². The van der Waals surface area contributed by atoms with Gasteiger partial charge < -0.3 is 5.11 Å². The van der Waals surface area contributed by atoms with Crippen LogP contribution in [0.5, 0.6) is 5.75 Å². The first-order valence-electron chi connectivity index (χ1n) is 7.65. The summed E-state index contributed by atoms with van der Waals surface area (Å²) in [6.07, 6.45) is 7.92. The Morgan fingerprint density at radius 1 is 1.20 bits per heavy atom. The van der Waals surface area contributed by atoms with E-state index < -0.39 is 0 Å². The zero-order valence-electron chi connectivity index (χ0n) is 14.3. The third-order valence-electron chi connectivity index (χ3n) is 3.57. The van der Waals surface area contributed by atoms with Crippen LogP contribution in [0.2, 0.25) is 0 Å². The number of hydrogen-bond donors (Lipinski definition) is 2. The van der Waals surface area contributed by atoms with Crippen molar-refractivity contribution in [2.24, 2.45) is 7.05 Å². The van der Waals surface area contributed by atoms with Gasteiger partial charge in [-0.15, -0.1) is 13.2 Å². The van der Waals surface area contributed by atoms with E-state index in [0.29, 0.717) is 12.4 Å². The summed E-state index contributed by atoms with van der Waals surface area (Å²) in [5, 5.41) is 13.5. The van der Waals surface area contributed by atoms with Gasteiger partial charge >= 0.3 is 5.95 Å². The zero-order valence-corrected chi connectivity index (χ0v) is 14.3. The molecule has 0 spiro atoms. The Balaban J connectivity index is 0.00000109. The number of allylic oxidation sites excluding steroid dienone is 1. The molecule has 6 nitrogen and oxygen atoms in total. The quantitative estimate of drug-likeness (QED) is 0.567. The monoisotopic (exact) mass is 336 g/mol. The highest BCUT2D eigenvalue weighted by Crippen LogP contribution is 2.17. The molecule has 0 fully saturated rings. The molecule has 1 aromatic carbocycles. The number of benzene rings is 1. The van der Waals surface area contributed by atoms with E-state index in [0.717, 1.165) is 22.4 Å². The predicted molar refractivity (Wildman–Crippen MR) is 99.4 cm³/mol. The van der Waals surface area contributed by atoms with Crippen LogP contribution >= 0.6 is 0 Å². The summed E-state index contributed by atoms with van der Waals surface area (Å²) in [7, 11) is 1.87. The van der Waals surface area contributed by atoms with Gasteiger partial charge in [-0.05, 0) is 17.7 Å². The number of phenolic OH excluding ortho intramolecular Hbond substituents is 1. The molecule has 0 bridgehead atoms. The number of aromatic hydroxyl groups is 1. The van der Waals surface area contributed by atoms with Crippen molar-refractivity contribution >= 4 is 11.6 Å². The summed E-state index contributed by atoms with van der Waals surface area (Å²) >= 11 is 0. The molecule has 0 aliphatic rings. The molecule has 25 heavy (non-hydrogen) atoms. The summed E-state index contributed by atoms with van der Waals surface area (Å²) in [4.78, 5) is 4.24. The van der Waals surface area contributed by atoms with Gasteiger partial charge in [0.2, 0.25) is 0 Å². The van der Waals surface area contributed by atoms with Crippen LogP contribution in [-0.2, 0) is 13.5 Å². The van der Waals surface area contributed by atoms with Gasteiger partial charge in [0.25, 0.3) is 0 Å². The maximum Gasteiger partial charge on any atom is 0.393 e. The van der Waals surface area contributed by atoms with Crippen molar-refractivity contribution in [3.8, 4) is 16.9 Å². The average molecular weight is 336 g/mol. The largest absolute Gasteiger partial charge is 0.508 e. The maximum atomic E-state index is 9.35. The Bertz CT molecular complexity index is 868. The van der Waals surface area contributed by atoms with E-state index in [1.54, 1.807) is 33.8 Å². The fraction of sp³-hybridized carbons (Fsp3) is 0.105. The molecule has 0 aliphatic heterocycles. The standard InChI is InChI=1S/C17H17N5O.C2H4/c1-12(7-13-3-5-16(23)6-4-13)22-11-14(8-19-17(22)18)15-9-20-21(2)10-15;1-2/h3-6,8-11,18,23H,1,7H2,2H3;1-2H2/p+1. The number of anilines is 1. The molecule has 128 valence electrons. The first-order valence-corrected chi connectivity index (χ1v) is 7.65. The minimum Gasteiger partial charge on any atom is -0.508 e. The first-order chi connectivity index (χ1) is 12.0. The summed E-state index contributed by atoms with van der Waals surface area (Å²) in [5.41, 5.74) is 9.69. The number of hydrogen-bond acceptors (Lipinski definition) is 4. The number of nitrogens with two attached hydrogens (primary N) is 1. The lowest BCUT2D eigenvalue weighted by Crippen LogP contribution is -2.37. The smallest absolute Gasteiger partial charge is 0.393 e. The molecular weight excluding hydrogens is 314 g/mol. The third-order valence-corrected chi connectivity index (χ3v) is 3.57. The molecule has 0 saturated heterocycles. The highest BCUT2D eigenvalue weighted by atomic mass is 16.3. The second kappa shape index (κ2) is 7.92. The fourth-order valence-electron chi connectivity index (χ4n) is 2.34. The van der Waals surface area contributed by atoms with Crippen molar-refractivity contribution < 1.29 is 9.67 Å². The van der Waals surface area contributed by atoms with E-state index in [-0.39, 0.29) is 5.75 Å². The van der Waals surface area contributed by atoms with Crippen molar-refractivity contribution in [1.82, 2.24) is 14.8 Å². The van der Waals surface area contributed by atoms with Gasteiger partial charge in [-0.25, -0.2) is 4.57 Å². The normalized spacial score (nSPS) is 9.96. The van der Waals surface area contributed by atoms with Crippen LogP contribution in [0.15, 0.2) is 68.8 Å². The van der Waals surface area contributed by atoms with Crippen molar-refractivity contribution in [3.05, 3.63) is 74.4 Å². The molecule has 3 N–H and O–H groups in total. The summed E-state index contributed by atoms with van der Waals surface area (Å²) < 4.78 is 3.51. The van der Waals surface area contributed by atoms with Crippen LogP contribution in [0.25, 0.3) is 16.8 Å². The van der Waals surface area contributed by atoms with Crippen molar-refractivity contribution in [3.63, 3.8) is 0 Å². The van der Waals surface area contributed by atoms with Crippen LogP contribution in [0.4, 0.5) is 5.95 Å². The SMILES string of the molecule is C=C.C=C(Cc1ccc(O)cc1)[n+]1cc(-c2cnn(C)c2)cnc1N. The highest BCUT2D eigenvalue weighted by Gasteiger charge is 2.14. The molecule has 3 aromatic rings. The van der Waals surface area contributed by atoms with E-state index in [1.807, 2.05) is 31.6 Å².